The molecule has 1 heterocycles. The lowest BCUT2D eigenvalue weighted by molar-refractivity contribution is -0.136. The fourth-order valence-electron chi connectivity index (χ4n) is 1.64. The van der Waals surface area contributed by atoms with E-state index in [1.165, 1.54) is 4.68 Å². The number of benzene rings is 1. The molecular formula is C11H12N4O2. The maximum atomic E-state index is 10.7. The second kappa shape index (κ2) is 4.73. The lowest BCUT2D eigenvalue weighted by atomic mass is 10.1. The topological polar surface area (TPSA) is 80.9 Å². The van der Waals surface area contributed by atoms with Crippen molar-refractivity contribution in [1.82, 2.24) is 20.2 Å². The van der Waals surface area contributed by atoms with E-state index in [0.717, 1.165) is 5.56 Å². The molecule has 0 amide bonds. The number of rotatable bonds is 4. The molecule has 0 aliphatic rings. The van der Waals surface area contributed by atoms with Crippen molar-refractivity contribution in [3.63, 3.8) is 0 Å². The largest absolute Gasteiger partial charge is 0.481 e. The fourth-order valence-corrected chi connectivity index (χ4v) is 1.64. The Morgan fingerprint density at radius 3 is 2.76 bits per heavy atom. The molecular weight excluding hydrogens is 220 g/mol. The third-order valence-electron chi connectivity index (χ3n) is 2.52. The summed E-state index contributed by atoms with van der Waals surface area (Å²) < 4.78 is 1.53. The summed E-state index contributed by atoms with van der Waals surface area (Å²) in [6, 6.07) is 9.60. The van der Waals surface area contributed by atoms with Crippen LogP contribution < -0.4 is 0 Å². The second-order valence-electron chi connectivity index (χ2n) is 3.70. The highest BCUT2D eigenvalue weighted by Crippen LogP contribution is 2.17. The molecule has 1 N–H and O–H groups in total. The van der Waals surface area contributed by atoms with Gasteiger partial charge in [0.1, 0.15) is 6.42 Å². The van der Waals surface area contributed by atoms with Crippen LogP contribution in [-0.2, 0) is 11.2 Å². The average Bonchev–Trinajstić information content (AvgIpc) is 2.76. The predicted molar refractivity (Wildman–Crippen MR) is 59.4 cm³/mol. The highest BCUT2D eigenvalue weighted by atomic mass is 16.4. The van der Waals surface area contributed by atoms with Crippen LogP contribution in [0.15, 0.2) is 30.3 Å². The summed E-state index contributed by atoms with van der Waals surface area (Å²) in [4.78, 5) is 10.7. The third kappa shape index (κ3) is 2.47. The molecule has 0 aliphatic carbocycles. The first-order chi connectivity index (χ1) is 8.18. The number of nitrogens with zero attached hydrogens (tertiary/aromatic N) is 4. The molecule has 0 bridgehead atoms. The van der Waals surface area contributed by atoms with Crippen LogP contribution in [-0.4, -0.2) is 31.3 Å². The Balaban J connectivity index is 2.28. The summed E-state index contributed by atoms with van der Waals surface area (Å²) in [7, 11) is 0. The summed E-state index contributed by atoms with van der Waals surface area (Å²) in [5.74, 6) is -0.588. The van der Waals surface area contributed by atoms with Crippen LogP contribution in [0.2, 0.25) is 0 Å². The maximum absolute atomic E-state index is 10.7. The Kier molecular flexibility index (Phi) is 3.13. The van der Waals surface area contributed by atoms with E-state index in [1.54, 1.807) is 0 Å². The first-order valence-electron chi connectivity index (χ1n) is 5.22. The first kappa shape index (κ1) is 11.3. The number of carbonyl (C=O) groups is 1. The smallest absolute Gasteiger partial charge is 0.311 e. The second-order valence-corrected chi connectivity index (χ2v) is 3.70. The summed E-state index contributed by atoms with van der Waals surface area (Å²) in [6.07, 6.45) is -0.176. The van der Waals surface area contributed by atoms with Gasteiger partial charge < -0.3 is 5.11 Å². The Hall–Kier alpha value is -2.24. The average molecular weight is 232 g/mol. The van der Waals surface area contributed by atoms with Gasteiger partial charge in [-0.3, -0.25) is 4.79 Å². The number of tetrazole rings is 1. The molecule has 88 valence electrons. The van der Waals surface area contributed by atoms with E-state index >= 15 is 0 Å². The molecule has 1 aromatic heterocycles. The lowest BCUT2D eigenvalue weighted by Crippen LogP contribution is -2.15. The van der Waals surface area contributed by atoms with Crippen molar-refractivity contribution in [2.45, 2.75) is 19.4 Å². The van der Waals surface area contributed by atoms with Crippen molar-refractivity contribution in [2.75, 3.05) is 0 Å². The standard InChI is InChI=1S/C11H12N4O2/c1-8(9-5-3-2-4-6-9)15-10(7-11(16)17)12-13-14-15/h2-6,8H,7H2,1H3,(H,16,17). The van der Waals surface area contributed by atoms with Gasteiger partial charge in [-0.15, -0.1) is 5.10 Å². The van der Waals surface area contributed by atoms with Crippen LogP contribution in [0.1, 0.15) is 24.4 Å². The van der Waals surface area contributed by atoms with E-state index in [-0.39, 0.29) is 12.5 Å². The zero-order valence-corrected chi connectivity index (χ0v) is 9.32. The van der Waals surface area contributed by atoms with E-state index in [0.29, 0.717) is 5.82 Å². The minimum Gasteiger partial charge on any atom is -0.481 e. The van der Waals surface area contributed by atoms with Crippen LogP contribution in [0.5, 0.6) is 0 Å². The summed E-state index contributed by atoms with van der Waals surface area (Å²) in [5, 5.41) is 19.8. The number of carboxylic acid groups (broad SMARTS) is 1. The number of carboxylic acids is 1. The van der Waals surface area contributed by atoms with Crippen molar-refractivity contribution in [3.8, 4) is 0 Å². The van der Waals surface area contributed by atoms with Gasteiger partial charge in [-0.25, -0.2) is 4.68 Å². The van der Waals surface area contributed by atoms with E-state index in [2.05, 4.69) is 15.5 Å². The van der Waals surface area contributed by atoms with Crippen molar-refractivity contribution in [2.24, 2.45) is 0 Å². The van der Waals surface area contributed by atoms with Crippen molar-refractivity contribution < 1.29 is 9.90 Å². The van der Waals surface area contributed by atoms with Crippen LogP contribution in [0, 0.1) is 0 Å². The van der Waals surface area contributed by atoms with Gasteiger partial charge in [-0.1, -0.05) is 30.3 Å². The molecule has 0 fully saturated rings. The van der Waals surface area contributed by atoms with E-state index in [1.807, 2.05) is 37.3 Å². The van der Waals surface area contributed by atoms with E-state index in [9.17, 15) is 4.79 Å². The fraction of sp³-hybridized carbons (Fsp3) is 0.273. The van der Waals surface area contributed by atoms with Crippen molar-refractivity contribution in [1.29, 1.82) is 0 Å². The Bertz CT molecular complexity index is 509. The summed E-state index contributed by atoms with van der Waals surface area (Å²) in [5.41, 5.74) is 1.03. The number of hydrogen-bond acceptors (Lipinski definition) is 4. The molecule has 6 nitrogen and oxygen atoms in total. The summed E-state index contributed by atoms with van der Waals surface area (Å²) in [6.45, 7) is 1.93. The van der Waals surface area contributed by atoms with E-state index in [4.69, 9.17) is 5.11 Å². The Morgan fingerprint density at radius 1 is 1.41 bits per heavy atom. The minimum absolute atomic E-state index is 0.0828. The molecule has 0 aliphatic heterocycles. The monoisotopic (exact) mass is 232 g/mol. The van der Waals surface area contributed by atoms with Gasteiger partial charge in [-0.05, 0) is 22.9 Å². The van der Waals surface area contributed by atoms with Crippen LogP contribution in [0.4, 0.5) is 0 Å². The zero-order valence-electron chi connectivity index (χ0n) is 9.32. The van der Waals surface area contributed by atoms with Gasteiger partial charge in [-0.2, -0.15) is 0 Å². The normalized spacial score (nSPS) is 12.3. The Morgan fingerprint density at radius 2 is 2.12 bits per heavy atom. The molecule has 0 saturated carbocycles. The number of hydrogen-bond donors (Lipinski definition) is 1. The molecule has 2 rings (SSSR count). The minimum atomic E-state index is -0.943. The van der Waals surface area contributed by atoms with Gasteiger partial charge in [0, 0.05) is 0 Å². The molecule has 1 unspecified atom stereocenters. The highest BCUT2D eigenvalue weighted by molar-refractivity contribution is 5.68. The molecule has 17 heavy (non-hydrogen) atoms. The van der Waals surface area contributed by atoms with Crippen LogP contribution >= 0.6 is 0 Å². The van der Waals surface area contributed by atoms with Gasteiger partial charge in [0.2, 0.25) is 0 Å². The van der Waals surface area contributed by atoms with Gasteiger partial charge in [0.05, 0.1) is 6.04 Å². The van der Waals surface area contributed by atoms with Gasteiger partial charge in [0.25, 0.3) is 0 Å². The lowest BCUT2D eigenvalue weighted by Gasteiger charge is -2.12. The molecule has 0 saturated heterocycles. The van der Waals surface area contributed by atoms with E-state index < -0.39 is 5.97 Å². The predicted octanol–water partition coefficient (Wildman–Crippen LogP) is 0.909. The molecule has 6 heteroatoms. The molecule has 1 aromatic carbocycles. The first-order valence-corrected chi connectivity index (χ1v) is 5.22. The number of aromatic nitrogens is 4. The molecule has 1 atom stereocenters. The molecule has 0 spiro atoms. The molecule has 2 aromatic rings. The van der Waals surface area contributed by atoms with Gasteiger partial charge >= 0.3 is 5.97 Å². The maximum Gasteiger partial charge on any atom is 0.311 e. The number of aliphatic carboxylic acids is 1. The zero-order chi connectivity index (χ0) is 12.3. The van der Waals surface area contributed by atoms with Crippen molar-refractivity contribution in [3.05, 3.63) is 41.7 Å². The third-order valence-corrected chi connectivity index (χ3v) is 2.52. The SMILES string of the molecule is CC(c1ccccc1)n1nnnc1CC(=O)O. The quantitative estimate of drug-likeness (QED) is 0.847. The Labute approximate surface area is 97.9 Å². The van der Waals surface area contributed by atoms with Crippen LogP contribution in [0.3, 0.4) is 0 Å². The highest BCUT2D eigenvalue weighted by Gasteiger charge is 2.16. The van der Waals surface area contributed by atoms with Crippen LogP contribution in [0.25, 0.3) is 0 Å². The molecule has 0 radical (unpaired) electrons. The van der Waals surface area contributed by atoms with Crippen molar-refractivity contribution >= 4 is 5.97 Å². The van der Waals surface area contributed by atoms with Gasteiger partial charge in [0.15, 0.2) is 5.82 Å². The summed E-state index contributed by atoms with van der Waals surface area (Å²) >= 11 is 0.